The van der Waals surface area contributed by atoms with Gasteiger partial charge in [-0.25, -0.2) is 17.5 Å². The van der Waals surface area contributed by atoms with Crippen LogP contribution in [-0.4, -0.2) is 41.1 Å². The molecule has 1 fully saturated rings. The van der Waals surface area contributed by atoms with Gasteiger partial charge in [0.05, 0.1) is 14.2 Å². The third-order valence-corrected chi connectivity index (χ3v) is 5.77. The lowest BCUT2D eigenvalue weighted by Gasteiger charge is -2.18. The highest BCUT2D eigenvalue weighted by molar-refractivity contribution is 7.89. The minimum atomic E-state index is -3.96. The molecule has 1 heterocycles. The third-order valence-electron chi connectivity index (χ3n) is 4.23. The Labute approximate surface area is 156 Å². The Kier molecular flexibility index (Phi) is 5.33. The Morgan fingerprint density at radius 2 is 1.93 bits per heavy atom. The topological polar surface area (TPSA) is 84.9 Å². The number of anilines is 1. The number of methoxy groups -OCH3 is 2. The Hall–Kier alpha value is -2.65. The maximum absolute atomic E-state index is 13.4. The Balaban J connectivity index is 1.82. The number of nitrogens with zero attached hydrogens (tertiary/aromatic N) is 1. The number of hydrogen-bond acceptors (Lipinski definition) is 5. The Morgan fingerprint density at radius 3 is 2.59 bits per heavy atom. The van der Waals surface area contributed by atoms with Gasteiger partial charge in [-0.2, -0.15) is 0 Å². The molecule has 3 rings (SSSR count). The van der Waals surface area contributed by atoms with E-state index >= 15 is 0 Å². The molecule has 27 heavy (non-hydrogen) atoms. The average molecular weight is 394 g/mol. The number of amides is 1. The highest BCUT2D eigenvalue weighted by Crippen LogP contribution is 2.29. The monoisotopic (exact) mass is 394 g/mol. The largest absolute Gasteiger partial charge is 0.497 e. The Morgan fingerprint density at radius 1 is 1.15 bits per heavy atom. The summed E-state index contributed by atoms with van der Waals surface area (Å²) in [5.41, 5.74) is 0.389. The number of rotatable bonds is 6. The fraction of sp³-hybridized carbons (Fsp3) is 0.278. The molecule has 1 N–H and O–H groups in total. The van der Waals surface area contributed by atoms with E-state index in [2.05, 4.69) is 4.72 Å². The zero-order chi connectivity index (χ0) is 19.6. The van der Waals surface area contributed by atoms with E-state index < -0.39 is 21.9 Å². The van der Waals surface area contributed by atoms with Gasteiger partial charge in [0.15, 0.2) is 0 Å². The highest BCUT2D eigenvalue weighted by Gasteiger charge is 2.34. The van der Waals surface area contributed by atoms with Gasteiger partial charge in [0.25, 0.3) is 0 Å². The Bertz CT molecular complexity index is 964. The second-order valence-electron chi connectivity index (χ2n) is 6.02. The zero-order valence-corrected chi connectivity index (χ0v) is 15.6. The van der Waals surface area contributed by atoms with Gasteiger partial charge in [0.2, 0.25) is 15.9 Å². The van der Waals surface area contributed by atoms with E-state index in [0.29, 0.717) is 11.4 Å². The quantitative estimate of drug-likeness (QED) is 0.809. The van der Waals surface area contributed by atoms with Crippen molar-refractivity contribution in [1.29, 1.82) is 0 Å². The first-order valence-electron chi connectivity index (χ1n) is 8.14. The lowest BCUT2D eigenvalue weighted by molar-refractivity contribution is -0.117. The van der Waals surface area contributed by atoms with E-state index in [1.807, 2.05) is 0 Å². The maximum Gasteiger partial charge on any atom is 0.244 e. The number of carbonyl (C=O) groups excluding carboxylic acids is 1. The first-order chi connectivity index (χ1) is 12.8. The highest BCUT2D eigenvalue weighted by atomic mass is 32.2. The van der Waals surface area contributed by atoms with Crippen LogP contribution in [0.4, 0.5) is 10.1 Å². The van der Waals surface area contributed by atoms with Gasteiger partial charge >= 0.3 is 0 Å². The predicted molar refractivity (Wildman–Crippen MR) is 97.0 cm³/mol. The summed E-state index contributed by atoms with van der Waals surface area (Å²) in [6.45, 7) is 0.105. The van der Waals surface area contributed by atoms with E-state index in [-0.39, 0.29) is 29.5 Å². The van der Waals surface area contributed by atoms with Gasteiger partial charge in [-0.1, -0.05) is 6.07 Å². The average Bonchev–Trinajstić information content (AvgIpc) is 3.00. The molecule has 144 valence electrons. The van der Waals surface area contributed by atoms with Crippen LogP contribution in [0.1, 0.15) is 6.42 Å². The second-order valence-corrected chi connectivity index (χ2v) is 7.71. The molecule has 0 spiro atoms. The van der Waals surface area contributed by atoms with Crippen molar-refractivity contribution in [1.82, 2.24) is 4.72 Å². The fourth-order valence-corrected chi connectivity index (χ4v) is 4.37. The molecule has 1 aliphatic heterocycles. The van der Waals surface area contributed by atoms with Gasteiger partial charge in [0.1, 0.15) is 22.2 Å². The summed E-state index contributed by atoms with van der Waals surface area (Å²) in [4.78, 5) is 13.5. The van der Waals surface area contributed by atoms with Crippen LogP contribution in [0.3, 0.4) is 0 Å². The van der Waals surface area contributed by atoms with Gasteiger partial charge < -0.3 is 14.4 Å². The van der Waals surface area contributed by atoms with Crippen molar-refractivity contribution in [2.45, 2.75) is 17.4 Å². The predicted octanol–water partition coefficient (Wildman–Crippen LogP) is 1.93. The molecule has 1 aliphatic rings. The molecular weight excluding hydrogens is 375 g/mol. The second kappa shape index (κ2) is 7.53. The molecule has 0 bridgehead atoms. The van der Waals surface area contributed by atoms with Gasteiger partial charge in [0, 0.05) is 30.8 Å². The summed E-state index contributed by atoms with van der Waals surface area (Å²) >= 11 is 0. The van der Waals surface area contributed by atoms with Crippen LogP contribution in [0.25, 0.3) is 0 Å². The van der Waals surface area contributed by atoms with Crippen molar-refractivity contribution in [2.75, 3.05) is 25.7 Å². The van der Waals surface area contributed by atoms with Gasteiger partial charge in [-0.3, -0.25) is 4.79 Å². The van der Waals surface area contributed by atoms with E-state index in [4.69, 9.17) is 9.47 Å². The molecule has 7 nitrogen and oxygen atoms in total. The number of ether oxygens (including phenoxy) is 2. The minimum absolute atomic E-state index is 0.0258. The molecule has 0 aliphatic carbocycles. The number of benzene rings is 2. The summed E-state index contributed by atoms with van der Waals surface area (Å²) in [6, 6.07) is 9.39. The first-order valence-corrected chi connectivity index (χ1v) is 9.62. The number of nitrogens with one attached hydrogen (secondary N) is 1. The van der Waals surface area contributed by atoms with Crippen LogP contribution in [0.5, 0.6) is 11.5 Å². The number of halogens is 1. The molecule has 9 heteroatoms. The van der Waals surface area contributed by atoms with E-state index in [0.717, 1.165) is 0 Å². The van der Waals surface area contributed by atoms with Crippen LogP contribution in [0.2, 0.25) is 0 Å². The molecule has 2 aromatic carbocycles. The summed E-state index contributed by atoms with van der Waals surface area (Å²) in [6.07, 6.45) is -0.0258. The van der Waals surface area contributed by atoms with Crippen molar-refractivity contribution in [3.63, 3.8) is 0 Å². The van der Waals surface area contributed by atoms with E-state index in [9.17, 15) is 17.6 Å². The molecule has 1 amide bonds. The van der Waals surface area contributed by atoms with Crippen LogP contribution in [-0.2, 0) is 14.8 Å². The molecule has 0 aromatic heterocycles. The zero-order valence-electron chi connectivity index (χ0n) is 14.8. The van der Waals surface area contributed by atoms with Crippen LogP contribution in [0, 0.1) is 5.82 Å². The van der Waals surface area contributed by atoms with Gasteiger partial charge in [-0.15, -0.1) is 0 Å². The molecule has 0 unspecified atom stereocenters. The first kappa shape index (κ1) is 19.1. The molecule has 2 aromatic rings. The fourth-order valence-electron chi connectivity index (χ4n) is 2.96. The molecule has 1 atom stereocenters. The van der Waals surface area contributed by atoms with Crippen molar-refractivity contribution < 1.29 is 27.1 Å². The molecular formula is C18H19FN2O5S. The van der Waals surface area contributed by atoms with Crippen molar-refractivity contribution >= 4 is 21.6 Å². The summed E-state index contributed by atoms with van der Waals surface area (Å²) in [5.74, 6) is -0.231. The van der Waals surface area contributed by atoms with Crippen molar-refractivity contribution in [2.24, 2.45) is 0 Å². The number of sulfonamides is 1. The lowest BCUT2D eigenvalue weighted by atomic mass is 10.3. The standard InChI is InChI=1S/C18H19FN2O5S/c1-25-15-6-7-16(26-2)17(10-15)27(23,24)20-13-9-18(22)21(11-13)14-5-3-4-12(19)8-14/h3-8,10,13,20H,9,11H2,1-2H3/t13-/m0/s1. The number of hydrogen-bond donors (Lipinski definition) is 1. The van der Waals surface area contributed by atoms with E-state index in [1.54, 1.807) is 12.1 Å². The van der Waals surface area contributed by atoms with Crippen molar-refractivity contribution in [3.8, 4) is 11.5 Å². The van der Waals surface area contributed by atoms with Crippen LogP contribution in [0.15, 0.2) is 47.4 Å². The minimum Gasteiger partial charge on any atom is -0.497 e. The van der Waals surface area contributed by atoms with Gasteiger partial charge in [-0.05, 0) is 30.3 Å². The maximum atomic E-state index is 13.4. The van der Waals surface area contributed by atoms with Crippen LogP contribution < -0.4 is 19.1 Å². The summed E-state index contributed by atoms with van der Waals surface area (Å²) < 4.78 is 51.8. The lowest BCUT2D eigenvalue weighted by Crippen LogP contribution is -2.37. The summed E-state index contributed by atoms with van der Waals surface area (Å²) in [7, 11) is -1.17. The van der Waals surface area contributed by atoms with Crippen molar-refractivity contribution in [3.05, 3.63) is 48.3 Å². The van der Waals surface area contributed by atoms with E-state index in [1.165, 1.54) is 49.5 Å². The summed E-state index contributed by atoms with van der Waals surface area (Å²) in [5, 5.41) is 0. The normalized spacial score (nSPS) is 17.2. The molecule has 0 saturated carbocycles. The third kappa shape index (κ3) is 4.04. The molecule has 1 saturated heterocycles. The molecule has 0 radical (unpaired) electrons. The smallest absolute Gasteiger partial charge is 0.244 e. The number of carbonyl (C=O) groups is 1. The van der Waals surface area contributed by atoms with Crippen LogP contribution >= 0.6 is 0 Å². The SMILES string of the molecule is COc1ccc(OC)c(S(=O)(=O)N[C@H]2CC(=O)N(c3cccc(F)c3)C2)c1.